The van der Waals surface area contributed by atoms with Gasteiger partial charge in [0.05, 0.1) is 16.6 Å². The van der Waals surface area contributed by atoms with Crippen LogP contribution >= 0.6 is 23.2 Å². The Hall–Kier alpha value is -1.69. The zero-order valence-electron chi connectivity index (χ0n) is 12.3. The number of non-ortho nitro benzene ring substituents is 1. The smallest absolute Gasteiger partial charge is 0.270 e. The van der Waals surface area contributed by atoms with Gasteiger partial charge in [-0.15, -0.1) is 0 Å². The van der Waals surface area contributed by atoms with E-state index in [-0.39, 0.29) is 21.3 Å². The average molecular weight is 358 g/mol. The number of nitrogens with zero attached hydrogens (tertiary/aromatic N) is 1. The summed E-state index contributed by atoms with van der Waals surface area (Å²) in [5, 5.41) is 11.3. The van der Waals surface area contributed by atoms with Crippen LogP contribution in [0.2, 0.25) is 10.0 Å². The highest BCUT2D eigenvalue weighted by Gasteiger charge is 2.18. The molecule has 0 atom stereocenters. The van der Waals surface area contributed by atoms with Gasteiger partial charge < -0.3 is 4.74 Å². The van der Waals surface area contributed by atoms with Gasteiger partial charge in [0.15, 0.2) is 0 Å². The fourth-order valence-electron chi connectivity index (χ4n) is 2.25. The molecule has 0 saturated carbocycles. The van der Waals surface area contributed by atoms with E-state index < -0.39 is 10.7 Å². The van der Waals surface area contributed by atoms with Crippen molar-refractivity contribution >= 4 is 28.9 Å². The van der Waals surface area contributed by atoms with Crippen molar-refractivity contribution in [1.82, 2.24) is 0 Å². The summed E-state index contributed by atoms with van der Waals surface area (Å²) in [6.07, 6.45) is 0.486. The van der Waals surface area contributed by atoms with E-state index in [4.69, 9.17) is 27.9 Å². The molecule has 2 aromatic rings. The molecule has 0 fully saturated rings. The highest BCUT2D eigenvalue weighted by atomic mass is 35.5. The van der Waals surface area contributed by atoms with E-state index in [0.717, 1.165) is 6.07 Å². The van der Waals surface area contributed by atoms with Crippen molar-refractivity contribution in [2.75, 3.05) is 13.2 Å². The molecule has 4 nitrogen and oxygen atoms in total. The summed E-state index contributed by atoms with van der Waals surface area (Å²) < 4.78 is 19.6. The van der Waals surface area contributed by atoms with E-state index in [9.17, 15) is 14.5 Å². The summed E-state index contributed by atoms with van der Waals surface area (Å²) >= 11 is 11.9. The highest BCUT2D eigenvalue weighted by Crippen LogP contribution is 2.37. The summed E-state index contributed by atoms with van der Waals surface area (Å²) in [7, 11) is 0. The summed E-state index contributed by atoms with van der Waals surface area (Å²) in [5.74, 6) is -0.624. The summed E-state index contributed by atoms with van der Waals surface area (Å²) in [6, 6.07) is 6.84. The Kier molecular flexibility index (Phi) is 5.93. The number of hydrogen-bond donors (Lipinski definition) is 0. The van der Waals surface area contributed by atoms with Gasteiger partial charge >= 0.3 is 0 Å². The maximum Gasteiger partial charge on any atom is 0.270 e. The van der Waals surface area contributed by atoms with Gasteiger partial charge in [0.25, 0.3) is 5.69 Å². The molecular formula is C16H14Cl2FNO3. The number of ether oxygens (including phenoxy) is 1. The molecule has 7 heteroatoms. The molecule has 2 aromatic carbocycles. The van der Waals surface area contributed by atoms with Gasteiger partial charge in [-0.3, -0.25) is 10.1 Å². The van der Waals surface area contributed by atoms with Gasteiger partial charge in [0, 0.05) is 29.3 Å². The van der Waals surface area contributed by atoms with Crippen molar-refractivity contribution < 1.29 is 14.1 Å². The number of rotatable bonds is 6. The molecule has 0 aromatic heterocycles. The predicted octanol–water partition coefficient (Wildman–Crippen LogP) is 5.29. The Bertz CT molecular complexity index is 714. The van der Waals surface area contributed by atoms with Crippen LogP contribution in [-0.2, 0) is 11.2 Å². The van der Waals surface area contributed by atoms with E-state index >= 15 is 0 Å². The third-order valence-electron chi connectivity index (χ3n) is 3.30. The van der Waals surface area contributed by atoms with Crippen molar-refractivity contribution in [3.8, 4) is 11.1 Å². The first-order valence-electron chi connectivity index (χ1n) is 6.94. The van der Waals surface area contributed by atoms with Crippen molar-refractivity contribution in [3.05, 3.63) is 61.9 Å². The lowest BCUT2D eigenvalue weighted by Crippen LogP contribution is -2.02. The maximum absolute atomic E-state index is 14.3. The molecule has 122 valence electrons. The second-order valence-electron chi connectivity index (χ2n) is 4.79. The third-order valence-corrected chi connectivity index (χ3v) is 3.82. The Morgan fingerprint density at radius 3 is 2.61 bits per heavy atom. The van der Waals surface area contributed by atoms with Crippen molar-refractivity contribution in [1.29, 1.82) is 0 Å². The van der Waals surface area contributed by atoms with Gasteiger partial charge in [0.1, 0.15) is 5.82 Å². The topological polar surface area (TPSA) is 52.4 Å². The second-order valence-corrected chi connectivity index (χ2v) is 5.63. The van der Waals surface area contributed by atoms with Crippen molar-refractivity contribution in [3.63, 3.8) is 0 Å². The molecule has 0 aliphatic rings. The van der Waals surface area contributed by atoms with Crippen LogP contribution in [0.4, 0.5) is 10.1 Å². The number of halogens is 3. The molecule has 0 amide bonds. The Balaban J connectivity index is 2.57. The molecule has 2 rings (SSSR count). The van der Waals surface area contributed by atoms with Gasteiger partial charge in [0.2, 0.25) is 0 Å². The van der Waals surface area contributed by atoms with E-state index in [2.05, 4.69) is 0 Å². The van der Waals surface area contributed by atoms with E-state index in [1.807, 2.05) is 6.92 Å². The largest absolute Gasteiger partial charge is 0.381 e. The van der Waals surface area contributed by atoms with E-state index in [1.165, 1.54) is 18.2 Å². The molecule has 0 aliphatic heterocycles. The quantitative estimate of drug-likeness (QED) is 0.401. The molecule has 0 bridgehead atoms. The Labute approximate surface area is 142 Å². The number of nitro groups is 1. The zero-order chi connectivity index (χ0) is 17.0. The summed E-state index contributed by atoms with van der Waals surface area (Å²) in [4.78, 5) is 10.5. The first kappa shape index (κ1) is 17.7. The molecule has 0 saturated heterocycles. The minimum Gasteiger partial charge on any atom is -0.381 e. The monoisotopic (exact) mass is 357 g/mol. The molecule has 0 unspecified atom stereocenters. The normalized spacial score (nSPS) is 10.8. The molecule has 0 N–H and O–H groups in total. The molecule has 23 heavy (non-hydrogen) atoms. The molecule has 0 spiro atoms. The summed E-state index contributed by atoms with van der Waals surface area (Å²) in [6.45, 7) is 2.85. The predicted molar refractivity (Wildman–Crippen MR) is 88.7 cm³/mol. The number of nitro benzene ring substituents is 1. The molecular weight excluding hydrogens is 344 g/mol. The van der Waals surface area contributed by atoms with Crippen LogP contribution in [0.1, 0.15) is 12.5 Å². The van der Waals surface area contributed by atoms with Crippen molar-refractivity contribution in [2.45, 2.75) is 13.3 Å². The Morgan fingerprint density at radius 2 is 2.00 bits per heavy atom. The lowest BCUT2D eigenvalue weighted by molar-refractivity contribution is -0.384. The van der Waals surface area contributed by atoms with Crippen molar-refractivity contribution in [2.24, 2.45) is 0 Å². The van der Waals surface area contributed by atoms with Crippen LogP contribution in [0.5, 0.6) is 0 Å². The fourth-order valence-corrected chi connectivity index (χ4v) is 2.83. The van der Waals surface area contributed by atoms with E-state index in [1.54, 1.807) is 6.07 Å². The van der Waals surface area contributed by atoms with Gasteiger partial charge in [-0.25, -0.2) is 4.39 Å². The average Bonchev–Trinajstić information content (AvgIpc) is 2.47. The molecule has 0 radical (unpaired) electrons. The van der Waals surface area contributed by atoms with Crippen LogP contribution in [-0.4, -0.2) is 18.1 Å². The fraction of sp³-hybridized carbons (Fsp3) is 0.250. The van der Waals surface area contributed by atoms with Gasteiger partial charge in [-0.1, -0.05) is 29.3 Å². The Morgan fingerprint density at radius 1 is 1.26 bits per heavy atom. The van der Waals surface area contributed by atoms with Gasteiger partial charge in [-0.05, 0) is 36.6 Å². The zero-order valence-corrected chi connectivity index (χ0v) is 13.8. The first-order valence-corrected chi connectivity index (χ1v) is 7.69. The van der Waals surface area contributed by atoms with Crippen LogP contribution in [0.15, 0.2) is 30.3 Å². The maximum atomic E-state index is 14.3. The third kappa shape index (κ3) is 4.19. The summed E-state index contributed by atoms with van der Waals surface area (Å²) in [5.41, 5.74) is 1.06. The SMILES string of the molecule is CCOCCc1ccc([N+](=O)[O-])cc1-c1c(F)cc(Cl)cc1Cl. The van der Waals surface area contributed by atoms with Crippen LogP contribution in [0, 0.1) is 15.9 Å². The highest BCUT2D eigenvalue weighted by molar-refractivity contribution is 6.36. The lowest BCUT2D eigenvalue weighted by atomic mass is 9.96. The minimum atomic E-state index is -0.624. The standard InChI is InChI=1S/C16H14Cl2FNO3/c1-2-23-6-5-10-3-4-12(20(21)22)9-13(10)16-14(18)7-11(17)8-15(16)19/h3-4,7-9H,2,5-6H2,1H3. The van der Waals surface area contributed by atoms with E-state index in [0.29, 0.717) is 30.8 Å². The molecule has 0 heterocycles. The van der Waals surface area contributed by atoms with Crippen LogP contribution in [0.25, 0.3) is 11.1 Å². The molecule has 0 aliphatic carbocycles. The second kappa shape index (κ2) is 7.73. The van der Waals surface area contributed by atoms with Gasteiger partial charge in [-0.2, -0.15) is 0 Å². The lowest BCUT2D eigenvalue weighted by Gasteiger charge is -2.13. The van der Waals surface area contributed by atoms with Crippen LogP contribution in [0.3, 0.4) is 0 Å². The van der Waals surface area contributed by atoms with Crippen LogP contribution < -0.4 is 0 Å². The first-order chi connectivity index (χ1) is 10.9. The minimum absolute atomic E-state index is 0.103. The number of hydrogen-bond acceptors (Lipinski definition) is 3. The number of benzene rings is 2.